The summed E-state index contributed by atoms with van der Waals surface area (Å²) in [4.78, 5) is 0. The number of hydrogen-bond acceptors (Lipinski definition) is 4. The second-order valence-corrected chi connectivity index (χ2v) is 2.03. The van der Waals surface area contributed by atoms with Crippen LogP contribution in [0.25, 0.3) is 0 Å². The zero-order chi connectivity index (χ0) is 4.41. The van der Waals surface area contributed by atoms with Gasteiger partial charge in [-0.15, -0.1) is 4.52 Å². The Morgan fingerprint density at radius 3 is 2.83 bits per heavy atom. The van der Waals surface area contributed by atoms with Crippen LogP contribution in [0.3, 0.4) is 0 Å². The number of nitrogens with zero attached hydrogens (tertiary/aromatic N) is 2. The molecule has 34 valence electrons. The van der Waals surface area contributed by atoms with Gasteiger partial charge >= 0.3 is 0 Å². The van der Waals surface area contributed by atoms with Crippen LogP contribution in [0.1, 0.15) is 0 Å². The first kappa shape index (κ1) is 4.08. The molecule has 0 saturated carbocycles. The molecule has 0 aromatic rings. The van der Waals surface area contributed by atoms with Gasteiger partial charge < -0.3 is 5.73 Å². The normalized spacial score (nSPS) is 31.8. The molecular weight excluding hydrogens is 98.1 g/mol. The van der Waals surface area contributed by atoms with Crippen LogP contribution in [0.2, 0.25) is 0 Å². The zero-order valence-corrected chi connectivity index (χ0v) is 3.98. The Morgan fingerprint density at radius 1 is 1.83 bits per heavy atom. The lowest BCUT2D eigenvalue weighted by Gasteiger charge is -1.87. The maximum atomic E-state index is 5.31. The van der Waals surface area contributed by atoms with Gasteiger partial charge in [0.15, 0.2) is 0 Å². The first-order valence-corrected chi connectivity index (χ1v) is 2.51. The van der Waals surface area contributed by atoms with Gasteiger partial charge in [0.2, 0.25) is 0 Å². The van der Waals surface area contributed by atoms with E-state index in [1.807, 2.05) is 0 Å². The number of nitrogens with two attached hydrogens (primary N) is 1. The molecule has 1 aliphatic rings. The van der Waals surface area contributed by atoms with E-state index in [4.69, 9.17) is 5.73 Å². The highest BCUT2D eigenvalue weighted by molar-refractivity contribution is 7.98. The Bertz CT molecular complexity index is 63.2. The van der Waals surface area contributed by atoms with E-state index in [0.717, 1.165) is 0 Å². The molecule has 0 aliphatic carbocycles. The van der Waals surface area contributed by atoms with Crippen molar-refractivity contribution in [3.63, 3.8) is 0 Å². The molecule has 1 atom stereocenters. The average Bonchev–Trinajstić information content (AvgIpc) is 1.86. The molecule has 4 heteroatoms. The fourth-order valence-corrected chi connectivity index (χ4v) is 0.629. The van der Waals surface area contributed by atoms with Crippen molar-refractivity contribution < 1.29 is 0 Å². The van der Waals surface area contributed by atoms with Crippen LogP contribution in [-0.4, -0.2) is 11.9 Å². The van der Waals surface area contributed by atoms with Crippen molar-refractivity contribution in [2.75, 3.05) is 6.54 Å². The largest absolute Gasteiger partial charge is 0.316 e. The Hall–Kier alpha value is -0.0900. The minimum absolute atomic E-state index is 0.130. The van der Waals surface area contributed by atoms with Crippen molar-refractivity contribution in [1.82, 2.24) is 0 Å². The van der Waals surface area contributed by atoms with Gasteiger partial charge in [-0.2, -0.15) is 5.11 Å². The SMILES string of the molecule is NC1CN=NS1. The maximum Gasteiger partial charge on any atom is 0.0963 e. The third kappa shape index (κ3) is 0.693. The molecule has 0 bridgehead atoms. The standard InChI is InChI=1S/C2H5N3S/c3-2-1-4-5-6-2/h2H,1,3H2. The topological polar surface area (TPSA) is 50.7 Å². The molecule has 0 fully saturated rings. The number of rotatable bonds is 0. The van der Waals surface area contributed by atoms with Gasteiger partial charge in [0, 0.05) is 11.9 Å². The summed E-state index contributed by atoms with van der Waals surface area (Å²) in [6, 6.07) is 0. The van der Waals surface area contributed by atoms with Gasteiger partial charge in [0.05, 0.1) is 11.9 Å². The highest BCUT2D eigenvalue weighted by Crippen LogP contribution is 2.14. The van der Waals surface area contributed by atoms with Gasteiger partial charge in [-0.05, 0) is 0 Å². The first-order valence-electron chi connectivity index (χ1n) is 1.68. The van der Waals surface area contributed by atoms with Crippen LogP contribution >= 0.6 is 11.9 Å². The predicted molar refractivity (Wildman–Crippen MR) is 25.3 cm³/mol. The van der Waals surface area contributed by atoms with E-state index in [0.29, 0.717) is 6.54 Å². The van der Waals surface area contributed by atoms with E-state index < -0.39 is 0 Å². The Morgan fingerprint density at radius 2 is 2.67 bits per heavy atom. The molecule has 1 unspecified atom stereocenters. The van der Waals surface area contributed by atoms with Crippen molar-refractivity contribution in [2.45, 2.75) is 5.37 Å². The van der Waals surface area contributed by atoms with Gasteiger partial charge in [-0.1, -0.05) is 0 Å². The van der Waals surface area contributed by atoms with E-state index in [1.165, 1.54) is 11.9 Å². The van der Waals surface area contributed by atoms with Gasteiger partial charge in [-0.3, -0.25) is 0 Å². The molecule has 1 heterocycles. The molecule has 0 spiro atoms. The molecule has 0 radical (unpaired) electrons. The fraction of sp³-hybridized carbons (Fsp3) is 1.00. The molecule has 3 nitrogen and oxygen atoms in total. The second-order valence-electron chi connectivity index (χ2n) is 1.05. The van der Waals surface area contributed by atoms with Crippen molar-refractivity contribution >= 4 is 11.9 Å². The molecule has 6 heavy (non-hydrogen) atoms. The van der Waals surface area contributed by atoms with Crippen molar-refractivity contribution in [3.05, 3.63) is 0 Å². The highest BCUT2D eigenvalue weighted by Gasteiger charge is 2.04. The highest BCUT2D eigenvalue weighted by atomic mass is 32.2. The summed E-state index contributed by atoms with van der Waals surface area (Å²) in [5, 5.41) is 3.76. The monoisotopic (exact) mass is 103 g/mol. The van der Waals surface area contributed by atoms with Gasteiger partial charge in [-0.25, -0.2) is 0 Å². The molecule has 0 aromatic carbocycles. The lowest BCUT2D eigenvalue weighted by molar-refractivity contribution is 0.916. The van der Waals surface area contributed by atoms with Crippen LogP contribution in [0.5, 0.6) is 0 Å². The Balaban J connectivity index is 2.32. The first-order chi connectivity index (χ1) is 2.89. The fourth-order valence-electron chi connectivity index (χ4n) is 0.241. The van der Waals surface area contributed by atoms with Crippen molar-refractivity contribution in [1.29, 1.82) is 0 Å². The van der Waals surface area contributed by atoms with Crippen LogP contribution in [-0.2, 0) is 0 Å². The van der Waals surface area contributed by atoms with Crippen molar-refractivity contribution in [2.24, 2.45) is 15.4 Å². The van der Waals surface area contributed by atoms with Crippen molar-refractivity contribution in [3.8, 4) is 0 Å². The second kappa shape index (κ2) is 1.57. The summed E-state index contributed by atoms with van der Waals surface area (Å²) < 4.78 is 3.58. The Kier molecular flexibility index (Phi) is 1.07. The summed E-state index contributed by atoms with van der Waals surface area (Å²) in [6.07, 6.45) is 0. The lowest BCUT2D eigenvalue weighted by atomic mass is 10.7. The maximum absolute atomic E-state index is 5.31. The minimum atomic E-state index is 0.130. The lowest BCUT2D eigenvalue weighted by Crippen LogP contribution is -2.14. The summed E-state index contributed by atoms with van der Waals surface area (Å²) in [5.41, 5.74) is 5.31. The third-order valence-corrected chi connectivity index (χ3v) is 1.13. The molecular formula is C2H5N3S. The van der Waals surface area contributed by atoms with Crippen LogP contribution < -0.4 is 5.73 Å². The quantitative estimate of drug-likeness (QED) is 0.451. The summed E-state index contributed by atoms with van der Waals surface area (Å²) in [5.74, 6) is 0. The van der Waals surface area contributed by atoms with Gasteiger partial charge in [0.1, 0.15) is 0 Å². The van der Waals surface area contributed by atoms with Crippen LogP contribution in [0, 0.1) is 0 Å². The molecule has 0 saturated heterocycles. The molecule has 2 N–H and O–H groups in total. The van der Waals surface area contributed by atoms with E-state index in [1.54, 1.807) is 0 Å². The summed E-state index contributed by atoms with van der Waals surface area (Å²) in [7, 11) is 0. The average molecular weight is 103 g/mol. The smallest absolute Gasteiger partial charge is 0.0963 e. The third-order valence-electron chi connectivity index (χ3n) is 0.502. The molecule has 0 aromatic heterocycles. The molecule has 0 amide bonds. The number of hydrogen-bond donors (Lipinski definition) is 1. The zero-order valence-electron chi connectivity index (χ0n) is 3.16. The predicted octanol–water partition coefficient (Wildman–Crippen LogP) is 0.385. The summed E-state index contributed by atoms with van der Waals surface area (Å²) >= 11 is 1.33. The van der Waals surface area contributed by atoms with E-state index in [9.17, 15) is 0 Å². The van der Waals surface area contributed by atoms with E-state index in [2.05, 4.69) is 9.63 Å². The Labute approximate surface area is 40.1 Å². The van der Waals surface area contributed by atoms with Crippen LogP contribution in [0.15, 0.2) is 9.63 Å². The van der Waals surface area contributed by atoms with E-state index >= 15 is 0 Å². The molecule has 1 rings (SSSR count). The van der Waals surface area contributed by atoms with Gasteiger partial charge in [0.25, 0.3) is 0 Å². The minimum Gasteiger partial charge on any atom is -0.316 e. The van der Waals surface area contributed by atoms with E-state index in [-0.39, 0.29) is 5.37 Å². The summed E-state index contributed by atoms with van der Waals surface area (Å²) in [6.45, 7) is 0.685. The molecule has 1 aliphatic heterocycles. The van der Waals surface area contributed by atoms with Crippen LogP contribution in [0.4, 0.5) is 0 Å².